The van der Waals surface area contributed by atoms with Crippen LogP contribution < -0.4 is 0 Å². The zero-order valence-corrected chi connectivity index (χ0v) is 8.99. The first-order valence-electron chi connectivity index (χ1n) is 4.84. The Morgan fingerprint density at radius 2 is 2.24 bits per heavy atom. The summed E-state index contributed by atoms with van der Waals surface area (Å²) >= 11 is 0. The van der Waals surface area contributed by atoms with Crippen LogP contribution in [0.5, 0.6) is 0 Å². The van der Waals surface area contributed by atoms with Crippen LogP contribution in [-0.4, -0.2) is 32.1 Å². The van der Waals surface area contributed by atoms with E-state index in [1.54, 1.807) is 25.1 Å². The van der Waals surface area contributed by atoms with Gasteiger partial charge in [-0.05, 0) is 25.1 Å². The van der Waals surface area contributed by atoms with Crippen molar-refractivity contribution in [2.45, 2.75) is 6.92 Å². The summed E-state index contributed by atoms with van der Waals surface area (Å²) in [5.41, 5.74) is 0.855. The third-order valence-electron chi connectivity index (χ3n) is 2.20. The van der Waals surface area contributed by atoms with Gasteiger partial charge in [-0.25, -0.2) is 14.5 Å². The Morgan fingerprint density at radius 1 is 1.47 bits per heavy atom. The minimum atomic E-state index is -1.10. The van der Waals surface area contributed by atoms with Crippen LogP contribution in [0.3, 0.4) is 0 Å². The van der Waals surface area contributed by atoms with Crippen LogP contribution in [-0.2, 0) is 0 Å². The Bertz CT molecular complexity index is 589. The summed E-state index contributed by atoms with van der Waals surface area (Å²) in [6, 6.07) is 6.32. The largest absolute Gasteiger partial charge is 0.476 e. The fourth-order valence-electron chi connectivity index (χ4n) is 1.43. The Balaban J connectivity index is 2.52. The molecule has 6 nitrogen and oxygen atoms in total. The van der Waals surface area contributed by atoms with Gasteiger partial charge in [0.15, 0.2) is 17.8 Å². The third-order valence-corrected chi connectivity index (χ3v) is 2.20. The second kappa shape index (κ2) is 4.17. The number of aromatic carboxylic acids is 1. The molecule has 17 heavy (non-hydrogen) atoms. The summed E-state index contributed by atoms with van der Waals surface area (Å²) in [4.78, 5) is 25.4. The minimum absolute atomic E-state index is 0.0548. The van der Waals surface area contributed by atoms with Gasteiger partial charge in [0.05, 0.1) is 0 Å². The zero-order valence-electron chi connectivity index (χ0n) is 8.99. The molecule has 0 aliphatic rings. The van der Waals surface area contributed by atoms with E-state index < -0.39 is 5.97 Å². The normalized spacial score (nSPS) is 10.2. The highest BCUT2D eigenvalue weighted by atomic mass is 16.4. The number of carbonyl (C=O) groups is 2. The molecule has 2 heterocycles. The van der Waals surface area contributed by atoms with Gasteiger partial charge >= 0.3 is 5.97 Å². The molecule has 1 N–H and O–H groups in total. The van der Waals surface area contributed by atoms with Crippen LogP contribution in [0.1, 0.15) is 26.7 Å². The van der Waals surface area contributed by atoms with Gasteiger partial charge < -0.3 is 5.11 Å². The molecule has 0 radical (unpaired) electrons. The number of aromatic nitrogens is 3. The van der Waals surface area contributed by atoms with Gasteiger partial charge in [-0.2, -0.15) is 5.10 Å². The maximum absolute atomic E-state index is 10.8. The number of carbonyl (C=O) groups excluding carboxylic acids is 1. The maximum Gasteiger partial charge on any atom is 0.356 e. The second-order valence-electron chi connectivity index (χ2n) is 3.43. The molecule has 0 amide bonds. The smallest absolute Gasteiger partial charge is 0.356 e. The molecule has 0 saturated carbocycles. The Morgan fingerprint density at radius 3 is 2.82 bits per heavy atom. The van der Waals surface area contributed by atoms with Crippen LogP contribution >= 0.6 is 0 Å². The number of pyridine rings is 1. The van der Waals surface area contributed by atoms with Crippen molar-refractivity contribution in [3.63, 3.8) is 0 Å². The molecule has 0 bridgehead atoms. The lowest BCUT2D eigenvalue weighted by Gasteiger charge is -2.02. The van der Waals surface area contributed by atoms with E-state index in [0.29, 0.717) is 17.8 Å². The molecule has 0 spiro atoms. The molecule has 2 aromatic rings. The molecular weight excluding hydrogens is 222 g/mol. The fourth-order valence-corrected chi connectivity index (χ4v) is 1.43. The van der Waals surface area contributed by atoms with Crippen LogP contribution in [0.25, 0.3) is 5.82 Å². The highest BCUT2D eigenvalue weighted by molar-refractivity contribution is 5.85. The van der Waals surface area contributed by atoms with Crippen molar-refractivity contribution in [2.75, 3.05) is 0 Å². The highest BCUT2D eigenvalue weighted by Gasteiger charge is 2.12. The average Bonchev–Trinajstić information content (AvgIpc) is 2.72. The minimum Gasteiger partial charge on any atom is -0.476 e. The van der Waals surface area contributed by atoms with Crippen molar-refractivity contribution in [3.05, 3.63) is 41.3 Å². The topological polar surface area (TPSA) is 85.1 Å². The number of hydrogen-bond donors (Lipinski definition) is 1. The van der Waals surface area contributed by atoms with Crippen molar-refractivity contribution in [2.24, 2.45) is 0 Å². The van der Waals surface area contributed by atoms with Crippen molar-refractivity contribution in [3.8, 4) is 5.82 Å². The second-order valence-corrected chi connectivity index (χ2v) is 3.43. The van der Waals surface area contributed by atoms with Gasteiger partial charge in [-0.1, -0.05) is 6.07 Å². The quantitative estimate of drug-likeness (QED) is 0.799. The monoisotopic (exact) mass is 231 g/mol. The summed E-state index contributed by atoms with van der Waals surface area (Å²) in [5.74, 6) is -0.682. The lowest BCUT2D eigenvalue weighted by Crippen LogP contribution is -2.05. The Kier molecular flexibility index (Phi) is 2.70. The summed E-state index contributed by atoms with van der Waals surface area (Å²) in [6.45, 7) is 1.72. The number of carboxylic acids is 1. The van der Waals surface area contributed by atoms with E-state index in [-0.39, 0.29) is 11.4 Å². The van der Waals surface area contributed by atoms with Gasteiger partial charge in [0, 0.05) is 5.69 Å². The van der Waals surface area contributed by atoms with Gasteiger partial charge in [0.2, 0.25) is 0 Å². The van der Waals surface area contributed by atoms with Crippen LogP contribution in [0, 0.1) is 6.92 Å². The predicted molar refractivity (Wildman–Crippen MR) is 58.4 cm³/mol. The average molecular weight is 231 g/mol. The molecule has 0 aromatic carbocycles. The third kappa shape index (κ3) is 2.05. The highest BCUT2D eigenvalue weighted by Crippen LogP contribution is 2.10. The number of aldehydes is 1. The SMILES string of the molecule is Cc1cc(C(=O)O)nn1-c1cccc(C=O)n1. The Labute approximate surface area is 96.5 Å². The van der Waals surface area contributed by atoms with E-state index in [0.717, 1.165) is 0 Å². The van der Waals surface area contributed by atoms with Crippen molar-refractivity contribution in [1.82, 2.24) is 14.8 Å². The number of carboxylic acid groups (broad SMARTS) is 1. The zero-order chi connectivity index (χ0) is 12.4. The standard InChI is InChI=1S/C11H9N3O3/c1-7-5-9(11(16)17)13-14(7)10-4-2-3-8(6-15)12-10/h2-6H,1H3,(H,16,17). The number of hydrogen-bond acceptors (Lipinski definition) is 4. The van der Waals surface area contributed by atoms with E-state index in [9.17, 15) is 9.59 Å². The molecule has 0 aliphatic carbocycles. The molecule has 0 unspecified atom stereocenters. The van der Waals surface area contributed by atoms with Crippen LogP contribution in [0.4, 0.5) is 0 Å². The summed E-state index contributed by atoms with van der Waals surface area (Å²) in [5, 5.41) is 12.7. The molecule has 0 aliphatic heterocycles. The van der Waals surface area contributed by atoms with Gasteiger partial charge in [0.1, 0.15) is 5.69 Å². The molecule has 0 fully saturated rings. The van der Waals surface area contributed by atoms with Crippen molar-refractivity contribution < 1.29 is 14.7 Å². The van der Waals surface area contributed by atoms with Crippen LogP contribution in [0.15, 0.2) is 24.3 Å². The maximum atomic E-state index is 10.8. The van der Waals surface area contributed by atoms with E-state index in [1.807, 2.05) is 0 Å². The predicted octanol–water partition coefficient (Wildman–Crippen LogP) is 1.09. The fraction of sp³-hybridized carbons (Fsp3) is 0.0909. The first kappa shape index (κ1) is 11.0. The summed E-state index contributed by atoms with van der Waals surface area (Å²) in [6.07, 6.45) is 0.625. The molecular formula is C11H9N3O3. The molecule has 6 heteroatoms. The first-order chi connectivity index (χ1) is 8.11. The number of nitrogens with zero attached hydrogens (tertiary/aromatic N) is 3. The van der Waals surface area contributed by atoms with Crippen LogP contribution in [0.2, 0.25) is 0 Å². The number of rotatable bonds is 3. The van der Waals surface area contributed by atoms with E-state index in [4.69, 9.17) is 5.11 Å². The summed E-state index contributed by atoms with van der Waals surface area (Å²) in [7, 11) is 0. The first-order valence-corrected chi connectivity index (χ1v) is 4.84. The van der Waals surface area contributed by atoms with Gasteiger partial charge in [0.25, 0.3) is 0 Å². The Hall–Kier alpha value is -2.50. The number of aryl methyl sites for hydroxylation is 1. The molecule has 2 aromatic heterocycles. The van der Waals surface area contributed by atoms with Crippen molar-refractivity contribution in [1.29, 1.82) is 0 Å². The lowest BCUT2D eigenvalue weighted by molar-refractivity contribution is 0.0689. The molecule has 2 rings (SSSR count). The summed E-state index contributed by atoms with van der Waals surface area (Å²) < 4.78 is 1.39. The van der Waals surface area contributed by atoms with Gasteiger partial charge in [-0.15, -0.1) is 0 Å². The van der Waals surface area contributed by atoms with Gasteiger partial charge in [-0.3, -0.25) is 4.79 Å². The lowest BCUT2D eigenvalue weighted by atomic mass is 10.3. The van der Waals surface area contributed by atoms with Crippen molar-refractivity contribution >= 4 is 12.3 Å². The molecule has 0 saturated heterocycles. The van der Waals surface area contributed by atoms with E-state index in [1.165, 1.54) is 10.7 Å². The molecule has 86 valence electrons. The van der Waals surface area contributed by atoms with E-state index >= 15 is 0 Å². The molecule has 0 atom stereocenters. The van der Waals surface area contributed by atoms with E-state index in [2.05, 4.69) is 10.1 Å².